The smallest absolute Gasteiger partial charge is 0.261 e. The zero-order valence-corrected chi connectivity index (χ0v) is 16.1. The van der Waals surface area contributed by atoms with Gasteiger partial charge in [-0.05, 0) is 58.0 Å². The number of carbonyl (C=O) groups is 1. The average molecular weight is 381 g/mol. The second kappa shape index (κ2) is 7.06. The Labute approximate surface area is 153 Å². The van der Waals surface area contributed by atoms with Crippen LogP contribution >= 0.6 is 11.6 Å². The molecule has 2 N–H and O–H groups in total. The van der Waals surface area contributed by atoms with Crippen molar-refractivity contribution in [1.29, 1.82) is 0 Å². The first kappa shape index (κ1) is 19.3. The summed E-state index contributed by atoms with van der Waals surface area (Å²) < 4.78 is 27.7. The van der Waals surface area contributed by atoms with Gasteiger partial charge in [-0.1, -0.05) is 29.3 Å². The summed E-state index contributed by atoms with van der Waals surface area (Å²) in [4.78, 5) is 12.6. The lowest BCUT2D eigenvalue weighted by molar-refractivity contribution is 0.0920. The highest BCUT2D eigenvalue weighted by Gasteiger charge is 2.21. The Morgan fingerprint density at radius 1 is 1.04 bits per heavy atom. The molecule has 0 aliphatic heterocycles. The minimum Gasteiger partial charge on any atom is -0.347 e. The monoisotopic (exact) mass is 380 g/mol. The first-order chi connectivity index (χ1) is 11.5. The van der Waals surface area contributed by atoms with E-state index in [1.807, 2.05) is 27.7 Å². The van der Waals surface area contributed by atoms with Crippen LogP contribution in [0, 0.1) is 6.92 Å². The van der Waals surface area contributed by atoms with Gasteiger partial charge in [-0.2, -0.15) is 0 Å². The number of anilines is 1. The fourth-order valence-corrected chi connectivity index (χ4v) is 3.37. The zero-order chi connectivity index (χ0) is 18.8. The van der Waals surface area contributed by atoms with E-state index in [9.17, 15) is 13.2 Å². The third kappa shape index (κ3) is 5.21. The number of hydrogen-bond donors (Lipinski definition) is 2. The van der Waals surface area contributed by atoms with Crippen LogP contribution in [-0.4, -0.2) is 19.9 Å². The Balaban J connectivity index is 2.40. The summed E-state index contributed by atoms with van der Waals surface area (Å²) in [5.41, 5.74) is 0.834. The van der Waals surface area contributed by atoms with E-state index in [-0.39, 0.29) is 22.1 Å². The standard InChI is InChI=1S/C18H21ClN2O3S/c1-12-5-8-14(9-6-12)25(23,24)21-16-11-13(19)7-10-15(16)17(22)20-18(2,3)4/h5-11,21H,1-4H3,(H,20,22). The van der Waals surface area contributed by atoms with Crippen LogP contribution in [0.5, 0.6) is 0 Å². The molecule has 5 nitrogen and oxygen atoms in total. The second-order valence-corrected chi connectivity index (χ2v) is 8.93. The fourth-order valence-electron chi connectivity index (χ4n) is 2.13. The maximum Gasteiger partial charge on any atom is 0.261 e. The maximum absolute atomic E-state index is 12.6. The molecular weight excluding hydrogens is 360 g/mol. The first-order valence-electron chi connectivity index (χ1n) is 7.69. The van der Waals surface area contributed by atoms with Crippen LogP contribution in [-0.2, 0) is 10.0 Å². The van der Waals surface area contributed by atoms with Crippen LogP contribution < -0.4 is 10.0 Å². The molecule has 2 aromatic rings. The third-order valence-electron chi connectivity index (χ3n) is 3.29. The van der Waals surface area contributed by atoms with Gasteiger partial charge in [0.05, 0.1) is 16.1 Å². The SMILES string of the molecule is Cc1ccc(S(=O)(=O)Nc2cc(Cl)ccc2C(=O)NC(C)(C)C)cc1. The molecule has 0 saturated heterocycles. The van der Waals surface area contributed by atoms with Crippen molar-refractivity contribution in [3.05, 3.63) is 58.6 Å². The molecule has 0 radical (unpaired) electrons. The number of nitrogens with one attached hydrogen (secondary N) is 2. The van der Waals surface area contributed by atoms with Crippen LogP contribution in [0.15, 0.2) is 47.4 Å². The van der Waals surface area contributed by atoms with Crippen molar-refractivity contribution in [1.82, 2.24) is 5.32 Å². The van der Waals surface area contributed by atoms with E-state index in [1.54, 1.807) is 18.2 Å². The van der Waals surface area contributed by atoms with E-state index in [4.69, 9.17) is 11.6 Å². The fraction of sp³-hybridized carbons (Fsp3) is 0.278. The molecule has 0 saturated carbocycles. The van der Waals surface area contributed by atoms with Gasteiger partial charge in [0.1, 0.15) is 0 Å². The van der Waals surface area contributed by atoms with Crippen LogP contribution in [0.1, 0.15) is 36.7 Å². The van der Waals surface area contributed by atoms with Gasteiger partial charge in [-0.15, -0.1) is 0 Å². The summed E-state index contributed by atoms with van der Waals surface area (Å²) in [6.45, 7) is 7.40. The van der Waals surface area contributed by atoms with Gasteiger partial charge >= 0.3 is 0 Å². The Bertz CT molecular complexity index is 886. The number of rotatable bonds is 4. The summed E-state index contributed by atoms with van der Waals surface area (Å²) in [5.74, 6) is -0.384. The van der Waals surface area contributed by atoms with E-state index >= 15 is 0 Å². The second-order valence-electron chi connectivity index (χ2n) is 6.81. The van der Waals surface area contributed by atoms with Crippen molar-refractivity contribution in [2.24, 2.45) is 0 Å². The van der Waals surface area contributed by atoms with Gasteiger partial charge in [0.15, 0.2) is 0 Å². The predicted molar refractivity (Wildman–Crippen MR) is 101 cm³/mol. The van der Waals surface area contributed by atoms with Crippen molar-refractivity contribution < 1.29 is 13.2 Å². The lowest BCUT2D eigenvalue weighted by Gasteiger charge is -2.22. The topological polar surface area (TPSA) is 75.3 Å². The number of halogens is 1. The molecule has 0 spiro atoms. The van der Waals surface area contributed by atoms with Gasteiger partial charge in [0, 0.05) is 10.6 Å². The Morgan fingerprint density at radius 2 is 1.64 bits per heavy atom. The van der Waals surface area contributed by atoms with Crippen LogP contribution in [0.3, 0.4) is 0 Å². The molecule has 0 aromatic heterocycles. The van der Waals surface area contributed by atoms with E-state index in [0.29, 0.717) is 5.02 Å². The van der Waals surface area contributed by atoms with Crippen molar-refractivity contribution >= 4 is 33.2 Å². The molecular formula is C18H21ClN2O3S. The molecule has 7 heteroatoms. The first-order valence-corrected chi connectivity index (χ1v) is 9.56. The average Bonchev–Trinajstić information content (AvgIpc) is 2.45. The van der Waals surface area contributed by atoms with Gasteiger partial charge in [-0.3, -0.25) is 9.52 Å². The molecule has 0 aliphatic carbocycles. The molecule has 0 unspecified atom stereocenters. The Hall–Kier alpha value is -2.05. The third-order valence-corrected chi connectivity index (χ3v) is 4.91. The molecule has 2 rings (SSSR count). The molecule has 25 heavy (non-hydrogen) atoms. The highest BCUT2D eigenvalue weighted by Crippen LogP contribution is 2.25. The van der Waals surface area contributed by atoms with Crippen LogP contribution in [0.4, 0.5) is 5.69 Å². The number of benzene rings is 2. The predicted octanol–water partition coefficient (Wildman–Crippen LogP) is 3.98. The minimum absolute atomic E-state index is 0.111. The lowest BCUT2D eigenvalue weighted by Crippen LogP contribution is -2.40. The van der Waals surface area contributed by atoms with Gasteiger partial charge in [0.25, 0.3) is 15.9 Å². The molecule has 0 aliphatic rings. The normalized spacial score (nSPS) is 11.9. The number of carbonyl (C=O) groups excluding carboxylic acids is 1. The quantitative estimate of drug-likeness (QED) is 0.842. The summed E-state index contributed by atoms with van der Waals surface area (Å²) in [6, 6.07) is 10.9. The Morgan fingerprint density at radius 3 is 2.20 bits per heavy atom. The summed E-state index contributed by atoms with van der Waals surface area (Å²) >= 11 is 5.98. The zero-order valence-electron chi connectivity index (χ0n) is 14.6. The minimum atomic E-state index is -3.84. The number of sulfonamides is 1. The highest BCUT2D eigenvalue weighted by atomic mass is 35.5. The molecule has 0 bridgehead atoms. The van der Waals surface area contributed by atoms with Gasteiger partial charge in [0.2, 0.25) is 0 Å². The van der Waals surface area contributed by atoms with Crippen molar-refractivity contribution in [2.45, 2.75) is 38.1 Å². The summed E-state index contributed by atoms with van der Waals surface area (Å²) in [6.07, 6.45) is 0. The maximum atomic E-state index is 12.6. The van der Waals surface area contributed by atoms with Crippen molar-refractivity contribution in [2.75, 3.05) is 4.72 Å². The molecule has 2 aromatic carbocycles. The van der Waals surface area contributed by atoms with E-state index in [2.05, 4.69) is 10.0 Å². The lowest BCUT2D eigenvalue weighted by atomic mass is 10.1. The van der Waals surface area contributed by atoms with Crippen LogP contribution in [0.2, 0.25) is 5.02 Å². The van der Waals surface area contributed by atoms with Gasteiger partial charge < -0.3 is 5.32 Å². The molecule has 1 amide bonds. The molecule has 0 atom stereocenters. The number of hydrogen-bond acceptors (Lipinski definition) is 3. The van der Waals surface area contributed by atoms with E-state index in [1.165, 1.54) is 24.3 Å². The summed E-state index contributed by atoms with van der Waals surface area (Å²) in [7, 11) is -3.84. The van der Waals surface area contributed by atoms with Crippen molar-refractivity contribution in [3.63, 3.8) is 0 Å². The number of amides is 1. The molecule has 0 heterocycles. The van der Waals surface area contributed by atoms with Crippen LogP contribution in [0.25, 0.3) is 0 Å². The molecule has 134 valence electrons. The van der Waals surface area contributed by atoms with Gasteiger partial charge in [-0.25, -0.2) is 8.42 Å². The van der Waals surface area contributed by atoms with E-state index in [0.717, 1.165) is 5.56 Å². The highest BCUT2D eigenvalue weighted by molar-refractivity contribution is 7.92. The Kier molecular flexibility index (Phi) is 5.44. The summed E-state index contributed by atoms with van der Waals surface area (Å²) in [5, 5.41) is 3.14. The molecule has 0 fully saturated rings. The largest absolute Gasteiger partial charge is 0.347 e. The van der Waals surface area contributed by atoms with E-state index < -0.39 is 15.6 Å². The number of aryl methyl sites for hydroxylation is 1. The van der Waals surface area contributed by atoms with Crippen molar-refractivity contribution in [3.8, 4) is 0 Å².